The highest BCUT2D eigenvalue weighted by Crippen LogP contribution is 2.22. The Morgan fingerprint density at radius 1 is 0.917 bits per heavy atom. The van der Waals surface area contributed by atoms with E-state index in [1.54, 1.807) is 4.68 Å². The van der Waals surface area contributed by atoms with Crippen LogP contribution in [-0.2, 0) is 6.42 Å². The van der Waals surface area contributed by atoms with Crippen molar-refractivity contribution in [2.45, 2.75) is 40.0 Å². The van der Waals surface area contributed by atoms with Gasteiger partial charge in [-0.05, 0) is 44.4 Å². The fourth-order valence-electron chi connectivity index (χ4n) is 2.91. The van der Waals surface area contributed by atoms with Gasteiger partial charge < -0.3 is 0 Å². The normalized spacial score (nSPS) is 11.0. The van der Waals surface area contributed by atoms with Gasteiger partial charge in [-0.3, -0.25) is 9.89 Å². The summed E-state index contributed by atoms with van der Waals surface area (Å²) in [6.07, 6.45) is 3.05. The molecule has 3 aromatic rings. The third-order valence-electron chi connectivity index (χ3n) is 4.38. The molecular formula is C21H24N2O. The monoisotopic (exact) mass is 320 g/mol. The molecule has 2 aromatic carbocycles. The lowest BCUT2D eigenvalue weighted by Gasteiger charge is -2.02. The topological polar surface area (TPSA) is 37.8 Å². The molecule has 0 spiro atoms. The lowest BCUT2D eigenvalue weighted by molar-refractivity contribution is 0.748. The van der Waals surface area contributed by atoms with Crippen LogP contribution in [0.15, 0.2) is 53.3 Å². The van der Waals surface area contributed by atoms with E-state index < -0.39 is 0 Å². The standard InChI is InChI=1S/C21H24N2O/c1-4-5-6-19-20(17-11-7-15(2)8-12-17)21(24)23(22-19)18-13-9-16(3)10-14-18/h7-14,22H,4-6H2,1-3H3. The maximum Gasteiger partial charge on any atom is 0.279 e. The summed E-state index contributed by atoms with van der Waals surface area (Å²) >= 11 is 0. The molecule has 0 aliphatic carbocycles. The Morgan fingerprint density at radius 2 is 1.50 bits per heavy atom. The zero-order chi connectivity index (χ0) is 17.1. The van der Waals surface area contributed by atoms with E-state index in [2.05, 4.69) is 31.1 Å². The molecule has 0 amide bonds. The van der Waals surface area contributed by atoms with Crippen LogP contribution in [0.3, 0.4) is 0 Å². The Kier molecular flexibility index (Phi) is 4.70. The van der Waals surface area contributed by atoms with Gasteiger partial charge in [0.25, 0.3) is 5.56 Å². The number of aryl methyl sites for hydroxylation is 3. The number of aromatic amines is 1. The maximum absolute atomic E-state index is 13.1. The second-order valence-electron chi connectivity index (χ2n) is 6.41. The van der Waals surface area contributed by atoms with Crippen LogP contribution in [0, 0.1) is 13.8 Å². The van der Waals surface area contributed by atoms with Crippen molar-refractivity contribution in [3.05, 3.63) is 75.7 Å². The highest BCUT2D eigenvalue weighted by molar-refractivity contribution is 5.66. The van der Waals surface area contributed by atoms with Crippen LogP contribution in [0.5, 0.6) is 0 Å². The second kappa shape index (κ2) is 6.91. The third-order valence-corrected chi connectivity index (χ3v) is 4.38. The highest BCUT2D eigenvalue weighted by atomic mass is 16.1. The highest BCUT2D eigenvalue weighted by Gasteiger charge is 2.16. The lowest BCUT2D eigenvalue weighted by atomic mass is 10.0. The van der Waals surface area contributed by atoms with Crippen molar-refractivity contribution < 1.29 is 0 Å². The summed E-state index contributed by atoms with van der Waals surface area (Å²) < 4.78 is 1.67. The molecule has 24 heavy (non-hydrogen) atoms. The average Bonchev–Trinajstić information content (AvgIpc) is 2.91. The number of hydrogen-bond acceptors (Lipinski definition) is 1. The van der Waals surface area contributed by atoms with Crippen LogP contribution in [0.1, 0.15) is 36.6 Å². The molecule has 0 saturated carbocycles. The summed E-state index contributed by atoms with van der Waals surface area (Å²) in [7, 11) is 0. The maximum atomic E-state index is 13.1. The van der Waals surface area contributed by atoms with E-state index >= 15 is 0 Å². The van der Waals surface area contributed by atoms with E-state index in [1.807, 2.05) is 43.3 Å². The van der Waals surface area contributed by atoms with E-state index in [0.717, 1.165) is 41.8 Å². The quantitative estimate of drug-likeness (QED) is 0.721. The van der Waals surface area contributed by atoms with Gasteiger partial charge in [0, 0.05) is 5.69 Å². The molecule has 3 heteroatoms. The summed E-state index contributed by atoms with van der Waals surface area (Å²) in [6.45, 7) is 6.27. The number of rotatable bonds is 5. The minimum absolute atomic E-state index is 0.0220. The molecule has 0 unspecified atom stereocenters. The van der Waals surface area contributed by atoms with Gasteiger partial charge in [-0.1, -0.05) is 60.9 Å². The van der Waals surface area contributed by atoms with Crippen LogP contribution < -0.4 is 5.56 Å². The molecular weight excluding hydrogens is 296 g/mol. The van der Waals surface area contributed by atoms with E-state index in [-0.39, 0.29) is 5.56 Å². The minimum Gasteiger partial charge on any atom is -0.294 e. The summed E-state index contributed by atoms with van der Waals surface area (Å²) in [4.78, 5) is 13.1. The van der Waals surface area contributed by atoms with Gasteiger partial charge in [-0.25, -0.2) is 4.68 Å². The molecule has 0 fully saturated rings. The van der Waals surface area contributed by atoms with Crippen molar-refractivity contribution in [3.8, 4) is 16.8 Å². The molecule has 3 rings (SSSR count). The van der Waals surface area contributed by atoms with E-state index in [1.165, 1.54) is 11.1 Å². The van der Waals surface area contributed by atoms with Crippen LogP contribution in [-0.4, -0.2) is 9.78 Å². The molecule has 1 N–H and O–H groups in total. The second-order valence-corrected chi connectivity index (χ2v) is 6.41. The smallest absolute Gasteiger partial charge is 0.279 e. The molecule has 0 radical (unpaired) electrons. The molecule has 0 atom stereocenters. The summed E-state index contributed by atoms with van der Waals surface area (Å²) in [5.41, 5.74) is 6.08. The fraction of sp³-hybridized carbons (Fsp3) is 0.286. The first-order valence-electron chi connectivity index (χ1n) is 8.58. The zero-order valence-corrected chi connectivity index (χ0v) is 14.6. The van der Waals surface area contributed by atoms with Gasteiger partial charge in [-0.15, -0.1) is 0 Å². The van der Waals surface area contributed by atoms with Crippen molar-refractivity contribution in [1.82, 2.24) is 9.78 Å². The van der Waals surface area contributed by atoms with Crippen LogP contribution in [0.25, 0.3) is 16.8 Å². The number of nitrogens with zero attached hydrogens (tertiary/aromatic N) is 1. The zero-order valence-electron chi connectivity index (χ0n) is 14.6. The van der Waals surface area contributed by atoms with Crippen LogP contribution >= 0.6 is 0 Å². The number of benzene rings is 2. The largest absolute Gasteiger partial charge is 0.294 e. The van der Waals surface area contributed by atoms with Crippen molar-refractivity contribution >= 4 is 0 Å². The van der Waals surface area contributed by atoms with Gasteiger partial charge >= 0.3 is 0 Å². The molecule has 3 nitrogen and oxygen atoms in total. The first kappa shape index (κ1) is 16.3. The van der Waals surface area contributed by atoms with Gasteiger partial charge in [0.2, 0.25) is 0 Å². The molecule has 0 bridgehead atoms. The first-order chi connectivity index (χ1) is 11.6. The average molecular weight is 320 g/mol. The van der Waals surface area contributed by atoms with Gasteiger partial charge in [-0.2, -0.15) is 0 Å². The number of nitrogens with one attached hydrogen (secondary N) is 1. The predicted octanol–water partition coefficient (Wildman–Crippen LogP) is 4.79. The third kappa shape index (κ3) is 3.21. The van der Waals surface area contributed by atoms with Crippen molar-refractivity contribution in [2.75, 3.05) is 0 Å². The number of H-pyrrole nitrogens is 1. The summed E-state index contributed by atoms with van der Waals surface area (Å²) in [5.74, 6) is 0. The van der Waals surface area contributed by atoms with E-state index in [9.17, 15) is 4.79 Å². The van der Waals surface area contributed by atoms with Crippen molar-refractivity contribution in [2.24, 2.45) is 0 Å². The fourth-order valence-corrected chi connectivity index (χ4v) is 2.91. The van der Waals surface area contributed by atoms with Gasteiger partial charge in [0.05, 0.1) is 11.3 Å². The first-order valence-corrected chi connectivity index (χ1v) is 8.58. The Hall–Kier alpha value is -2.55. The van der Waals surface area contributed by atoms with E-state index in [4.69, 9.17) is 0 Å². The molecule has 0 aliphatic rings. The molecule has 1 aromatic heterocycles. The minimum atomic E-state index is 0.0220. The summed E-state index contributed by atoms with van der Waals surface area (Å²) in [6, 6.07) is 16.2. The molecule has 1 heterocycles. The SMILES string of the molecule is CCCCc1[nH]n(-c2ccc(C)cc2)c(=O)c1-c1ccc(C)cc1. The van der Waals surface area contributed by atoms with E-state index in [0.29, 0.717) is 0 Å². The predicted molar refractivity (Wildman–Crippen MR) is 99.9 cm³/mol. The Balaban J connectivity index is 2.13. The Morgan fingerprint density at radius 3 is 2.08 bits per heavy atom. The van der Waals surface area contributed by atoms with Gasteiger partial charge in [0.1, 0.15) is 0 Å². The lowest BCUT2D eigenvalue weighted by Crippen LogP contribution is -2.15. The van der Waals surface area contributed by atoms with Crippen LogP contribution in [0.2, 0.25) is 0 Å². The van der Waals surface area contributed by atoms with Crippen molar-refractivity contribution in [1.29, 1.82) is 0 Å². The number of unbranched alkanes of at least 4 members (excludes halogenated alkanes) is 1. The molecule has 0 saturated heterocycles. The Bertz CT molecular complexity index is 868. The van der Waals surface area contributed by atoms with Crippen molar-refractivity contribution in [3.63, 3.8) is 0 Å². The number of hydrogen-bond donors (Lipinski definition) is 1. The molecule has 0 aliphatic heterocycles. The summed E-state index contributed by atoms with van der Waals surface area (Å²) in [5, 5.41) is 3.34. The molecule has 124 valence electrons. The van der Waals surface area contributed by atoms with Crippen LogP contribution in [0.4, 0.5) is 0 Å². The Labute approximate surface area is 143 Å². The number of aromatic nitrogens is 2. The van der Waals surface area contributed by atoms with Gasteiger partial charge in [0.15, 0.2) is 0 Å².